The van der Waals surface area contributed by atoms with Crippen molar-refractivity contribution in [2.24, 2.45) is 28.4 Å². The molecule has 0 spiro atoms. The van der Waals surface area contributed by atoms with Crippen LogP contribution in [0.5, 0.6) is 0 Å². The molecule has 4 bridgehead atoms. The molecule has 14 heavy (non-hydrogen) atoms. The molecule has 0 amide bonds. The molecule has 0 aromatic heterocycles. The van der Waals surface area contributed by atoms with E-state index in [0.29, 0.717) is 12.8 Å². The van der Waals surface area contributed by atoms with Crippen LogP contribution in [0.25, 0.3) is 0 Å². The first-order valence-corrected chi connectivity index (χ1v) is 4.72. The van der Waals surface area contributed by atoms with E-state index in [4.69, 9.17) is 15.9 Å². The maximum atomic E-state index is 11.2. The summed E-state index contributed by atoms with van der Waals surface area (Å²) in [4.78, 5) is 22.3. The van der Waals surface area contributed by atoms with E-state index in [-0.39, 0.29) is 11.8 Å². The van der Waals surface area contributed by atoms with Gasteiger partial charge in [0.25, 0.3) is 0 Å². The maximum Gasteiger partial charge on any atom is 0.312 e. The minimum Gasteiger partial charge on any atom is -0.481 e. The predicted octanol–water partition coefficient (Wildman–Crippen LogP) is -0.491. The van der Waals surface area contributed by atoms with Gasteiger partial charge in [0.15, 0.2) is 0 Å². The van der Waals surface area contributed by atoms with Crippen molar-refractivity contribution < 1.29 is 19.8 Å². The van der Waals surface area contributed by atoms with Crippen molar-refractivity contribution in [3.63, 3.8) is 0 Å². The third kappa shape index (κ3) is 0.447. The highest BCUT2D eigenvalue weighted by Crippen LogP contribution is 2.86. The molecule has 5 atom stereocenters. The zero-order valence-corrected chi connectivity index (χ0v) is 7.43. The summed E-state index contributed by atoms with van der Waals surface area (Å²) in [5, 5.41) is 18.3. The van der Waals surface area contributed by atoms with Gasteiger partial charge < -0.3 is 15.9 Å². The number of hydrogen-bond acceptors (Lipinski definition) is 3. The zero-order chi connectivity index (χ0) is 10.3. The molecule has 0 aromatic carbocycles. The molecule has 0 aliphatic heterocycles. The van der Waals surface area contributed by atoms with Crippen LogP contribution in [-0.4, -0.2) is 28.2 Å². The van der Waals surface area contributed by atoms with Gasteiger partial charge in [-0.1, -0.05) is 0 Å². The Bertz CT molecular complexity index is 368. The maximum absolute atomic E-state index is 11.2. The van der Waals surface area contributed by atoms with E-state index in [1.165, 1.54) is 0 Å². The van der Waals surface area contributed by atoms with Crippen LogP contribution in [0.2, 0.25) is 0 Å². The third-order valence-electron chi connectivity index (χ3n) is 4.69. The highest BCUT2D eigenvalue weighted by atomic mass is 16.4. The van der Waals surface area contributed by atoms with Gasteiger partial charge in [-0.15, -0.1) is 0 Å². The second-order valence-electron chi connectivity index (χ2n) is 4.73. The zero-order valence-electron chi connectivity index (χ0n) is 7.43. The Hall–Kier alpha value is -1.10. The van der Waals surface area contributed by atoms with E-state index in [9.17, 15) is 9.59 Å². The van der Waals surface area contributed by atoms with Gasteiger partial charge in [0.2, 0.25) is 0 Å². The van der Waals surface area contributed by atoms with Gasteiger partial charge in [0.1, 0.15) is 5.41 Å². The summed E-state index contributed by atoms with van der Waals surface area (Å²) in [6.45, 7) is 0. The van der Waals surface area contributed by atoms with Gasteiger partial charge in [0.05, 0.1) is 5.41 Å². The van der Waals surface area contributed by atoms with Gasteiger partial charge in [-0.05, 0) is 24.7 Å². The van der Waals surface area contributed by atoms with Crippen LogP contribution in [0.4, 0.5) is 0 Å². The summed E-state index contributed by atoms with van der Waals surface area (Å²) in [7, 11) is 0. The van der Waals surface area contributed by atoms with Crippen LogP contribution in [0.1, 0.15) is 12.8 Å². The molecule has 4 N–H and O–H groups in total. The lowest BCUT2D eigenvalue weighted by atomic mass is 9.94. The van der Waals surface area contributed by atoms with Crippen molar-refractivity contribution in [2.75, 3.05) is 0 Å². The van der Waals surface area contributed by atoms with Crippen LogP contribution >= 0.6 is 0 Å². The minimum absolute atomic E-state index is 0.104. The van der Waals surface area contributed by atoms with Gasteiger partial charge in [-0.25, -0.2) is 0 Å². The average Bonchev–Trinajstić information content (AvgIpc) is 2.45. The summed E-state index contributed by atoms with van der Waals surface area (Å²) < 4.78 is 0. The number of hydrogen-bond donors (Lipinski definition) is 3. The Balaban J connectivity index is 2.16. The first-order chi connectivity index (χ1) is 6.49. The number of carbonyl (C=O) groups is 2. The monoisotopic (exact) mass is 197 g/mol. The fourth-order valence-corrected chi connectivity index (χ4v) is 4.21. The molecule has 4 saturated carbocycles. The molecule has 5 unspecified atom stereocenters. The Kier molecular flexibility index (Phi) is 1.07. The van der Waals surface area contributed by atoms with Gasteiger partial charge in [-0.3, -0.25) is 9.59 Å². The lowest BCUT2D eigenvalue weighted by molar-refractivity contribution is -0.152. The fraction of sp³-hybridized carbons (Fsp3) is 0.778. The first kappa shape index (κ1) is 8.23. The smallest absolute Gasteiger partial charge is 0.312 e. The van der Waals surface area contributed by atoms with E-state index < -0.39 is 28.8 Å². The lowest BCUT2D eigenvalue weighted by Gasteiger charge is -2.14. The Morgan fingerprint density at radius 2 is 1.93 bits per heavy atom. The summed E-state index contributed by atoms with van der Waals surface area (Å²) in [5.41, 5.74) is 3.66. The van der Waals surface area contributed by atoms with E-state index >= 15 is 0 Å². The number of carboxylic acids is 2. The summed E-state index contributed by atoms with van der Waals surface area (Å²) >= 11 is 0. The third-order valence-corrected chi connectivity index (χ3v) is 4.69. The van der Waals surface area contributed by atoms with Crippen molar-refractivity contribution in [3.8, 4) is 0 Å². The van der Waals surface area contributed by atoms with Crippen molar-refractivity contribution in [3.05, 3.63) is 0 Å². The number of carboxylic acid groups (broad SMARTS) is 2. The van der Waals surface area contributed by atoms with Crippen LogP contribution < -0.4 is 5.73 Å². The molecule has 5 heteroatoms. The normalized spacial score (nSPS) is 57.4. The van der Waals surface area contributed by atoms with Gasteiger partial charge >= 0.3 is 11.9 Å². The van der Waals surface area contributed by atoms with Crippen LogP contribution in [0, 0.1) is 22.7 Å². The largest absolute Gasteiger partial charge is 0.481 e. The summed E-state index contributed by atoms with van der Waals surface area (Å²) in [5.74, 6) is -2.10. The minimum atomic E-state index is -1.14. The standard InChI is InChI=1S/C9H11NO4/c10-5-3-1-4-8(2-3,6(11)12)9(4,5)7(13)14/h3-5H,1-2,10H2,(H,11,12)(H,13,14). The number of aliphatic carboxylic acids is 2. The molecule has 5 nitrogen and oxygen atoms in total. The van der Waals surface area contributed by atoms with E-state index in [1.54, 1.807) is 0 Å². The summed E-state index contributed by atoms with van der Waals surface area (Å²) in [6, 6.07) is -0.457. The molecule has 4 fully saturated rings. The van der Waals surface area contributed by atoms with Crippen LogP contribution in [0.15, 0.2) is 0 Å². The Labute approximate surface area is 79.9 Å². The Morgan fingerprint density at radius 3 is 2.21 bits per heavy atom. The highest BCUT2D eigenvalue weighted by Gasteiger charge is 2.95. The van der Waals surface area contributed by atoms with Crippen molar-refractivity contribution >= 4 is 11.9 Å². The topological polar surface area (TPSA) is 101 Å². The van der Waals surface area contributed by atoms with Gasteiger partial charge in [-0.2, -0.15) is 0 Å². The second kappa shape index (κ2) is 1.82. The lowest BCUT2D eigenvalue weighted by Crippen LogP contribution is -2.39. The summed E-state index contributed by atoms with van der Waals surface area (Å²) in [6.07, 6.45) is 1.14. The molecule has 0 heterocycles. The SMILES string of the molecule is NC1C2CC3C(C(=O)O)(C2)C13C(=O)O. The molecule has 4 aliphatic carbocycles. The highest BCUT2D eigenvalue weighted by molar-refractivity contribution is 5.97. The molecule has 4 aliphatic rings. The van der Waals surface area contributed by atoms with Crippen molar-refractivity contribution in [1.82, 2.24) is 0 Å². The molecule has 0 saturated heterocycles. The number of rotatable bonds is 2. The molecule has 76 valence electrons. The fourth-order valence-electron chi connectivity index (χ4n) is 4.21. The molecule has 0 aromatic rings. The van der Waals surface area contributed by atoms with Gasteiger partial charge in [0, 0.05) is 6.04 Å². The molecular weight excluding hydrogens is 186 g/mol. The molecule has 4 rings (SSSR count). The number of nitrogens with two attached hydrogens (primary N) is 1. The van der Waals surface area contributed by atoms with Crippen molar-refractivity contribution in [1.29, 1.82) is 0 Å². The predicted molar refractivity (Wildman–Crippen MR) is 44.3 cm³/mol. The average molecular weight is 197 g/mol. The second-order valence-corrected chi connectivity index (χ2v) is 4.73. The van der Waals surface area contributed by atoms with E-state index in [2.05, 4.69) is 0 Å². The molecule has 0 radical (unpaired) electrons. The van der Waals surface area contributed by atoms with Crippen LogP contribution in [0.3, 0.4) is 0 Å². The van der Waals surface area contributed by atoms with Crippen LogP contribution in [-0.2, 0) is 9.59 Å². The Morgan fingerprint density at radius 1 is 1.29 bits per heavy atom. The van der Waals surface area contributed by atoms with E-state index in [0.717, 1.165) is 0 Å². The molecular formula is C9H11NO4. The first-order valence-electron chi connectivity index (χ1n) is 4.72. The quantitative estimate of drug-likeness (QED) is 0.554. The van der Waals surface area contributed by atoms with Crippen molar-refractivity contribution in [2.45, 2.75) is 18.9 Å². The van der Waals surface area contributed by atoms with E-state index in [1.807, 2.05) is 0 Å².